The molecule has 2 amide bonds. The summed E-state index contributed by atoms with van der Waals surface area (Å²) in [6.07, 6.45) is 18.3. The molecule has 0 aliphatic heterocycles. The van der Waals surface area contributed by atoms with Crippen LogP contribution in [-0.4, -0.2) is 24.2 Å². The number of hydrogen-bond acceptors (Lipinski definition) is 4. The molecule has 2 aliphatic rings. The lowest BCUT2D eigenvalue weighted by Crippen LogP contribution is -2.20. The third-order valence-electron chi connectivity index (χ3n) is 4.93. The van der Waals surface area contributed by atoms with Crippen LogP contribution in [0.3, 0.4) is 0 Å². The molecule has 0 radical (unpaired) electrons. The molecule has 0 saturated carbocycles. The fourth-order valence-electron chi connectivity index (χ4n) is 3.21. The van der Waals surface area contributed by atoms with E-state index in [-0.39, 0.29) is 11.8 Å². The Morgan fingerprint density at radius 3 is 1.54 bits per heavy atom. The maximum Gasteiger partial charge on any atom is 0.271 e. The summed E-state index contributed by atoms with van der Waals surface area (Å²) >= 11 is 0. The second kappa shape index (κ2) is 10.3. The molecule has 0 saturated heterocycles. The van der Waals surface area contributed by atoms with Crippen LogP contribution in [0.5, 0.6) is 0 Å². The molecule has 0 bridgehead atoms. The topological polar surface area (TPSA) is 82.9 Å². The molecule has 0 spiro atoms. The summed E-state index contributed by atoms with van der Waals surface area (Å²) in [5.41, 5.74) is 5.99. The van der Waals surface area contributed by atoms with Gasteiger partial charge in [0.05, 0.1) is 0 Å². The van der Waals surface area contributed by atoms with Gasteiger partial charge >= 0.3 is 0 Å². The van der Waals surface area contributed by atoms with Gasteiger partial charge in [0.1, 0.15) is 0 Å². The van der Waals surface area contributed by atoms with Crippen LogP contribution in [0.2, 0.25) is 0 Å². The van der Waals surface area contributed by atoms with Crippen molar-refractivity contribution in [1.82, 2.24) is 10.9 Å². The highest BCUT2D eigenvalue weighted by Gasteiger charge is 2.10. The number of carbonyl (C=O) groups excluding carboxylic acids is 2. The number of carbonyl (C=O) groups is 2. The quantitative estimate of drug-likeness (QED) is 0.448. The van der Waals surface area contributed by atoms with Gasteiger partial charge in [0.25, 0.3) is 11.8 Å². The number of hydrazone groups is 2. The molecule has 0 heterocycles. The number of rotatable bonds is 6. The average molecular weight is 378 g/mol. The van der Waals surface area contributed by atoms with Gasteiger partial charge in [-0.3, -0.25) is 9.59 Å². The second-order valence-electron chi connectivity index (χ2n) is 7.10. The Morgan fingerprint density at radius 2 is 1.18 bits per heavy atom. The fraction of sp³-hybridized carbons (Fsp3) is 0.364. The lowest BCUT2D eigenvalue weighted by atomic mass is 9.96. The molecule has 6 nitrogen and oxygen atoms in total. The number of hydrogen-bond donors (Lipinski definition) is 2. The summed E-state index contributed by atoms with van der Waals surface area (Å²) in [6, 6.07) is 6.44. The van der Waals surface area contributed by atoms with Crippen molar-refractivity contribution in [2.45, 2.75) is 38.5 Å². The Morgan fingerprint density at radius 1 is 0.750 bits per heavy atom. The predicted octanol–water partition coefficient (Wildman–Crippen LogP) is 3.83. The Kier molecular flexibility index (Phi) is 7.29. The summed E-state index contributed by atoms with van der Waals surface area (Å²) in [4.78, 5) is 24.3. The summed E-state index contributed by atoms with van der Waals surface area (Å²) in [7, 11) is 0. The molecule has 0 fully saturated rings. The van der Waals surface area contributed by atoms with Crippen LogP contribution in [0.4, 0.5) is 0 Å². The minimum Gasteiger partial charge on any atom is -0.267 e. The number of allylic oxidation sites excluding steroid dienone is 4. The average Bonchev–Trinajstić information content (AvgIpc) is 2.75. The maximum absolute atomic E-state index is 12.1. The van der Waals surface area contributed by atoms with Gasteiger partial charge in [0.15, 0.2) is 0 Å². The van der Waals surface area contributed by atoms with Crippen molar-refractivity contribution in [2.75, 3.05) is 0 Å². The molecule has 1 aromatic rings. The third kappa shape index (κ3) is 6.01. The minimum atomic E-state index is -0.294. The van der Waals surface area contributed by atoms with E-state index in [9.17, 15) is 9.59 Å². The molecule has 1 aromatic carbocycles. The molecule has 2 unspecified atom stereocenters. The van der Waals surface area contributed by atoms with Crippen LogP contribution in [0.15, 0.2) is 58.8 Å². The zero-order chi connectivity index (χ0) is 19.6. The van der Waals surface area contributed by atoms with Crippen molar-refractivity contribution in [3.05, 3.63) is 59.7 Å². The summed E-state index contributed by atoms with van der Waals surface area (Å²) in [5.74, 6) is 0.166. The van der Waals surface area contributed by atoms with Crippen LogP contribution in [0, 0.1) is 11.8 Å². The van der Waals surface area contributed by atoms with Crippen LogP contribution >= 0.6 is 0 Å². The zero-order valence-corrected chi connectivity index (χ0v) is 15.9. The summed E-state index contributed by atoms with van der Waals surface area (Å²) in [6.45, 7) is 0. The summed E-state index contributed by atoms with van der Waals surface area (Å²) < 4.78 is 0. The van der Waals surface area contributed by atoms with Gasteiger partial charge in [-0.15, -0.1) is 0 Å². The lowest BCUT2D eigenvalue weighted by Gasteiger charge is -2.12. The predicted molar refractivity (Wildman–Crippen MR) is 111 cm³/mol. The smallest absolute Gasteiger partial charge is 0.267 e. The number of amides is 2. The highest BCUT2D eigenvalue weighted by molar-refractivity contribution is 5.98. The Hall–Kier alpha value is -3.02. The largest absolute Gasteiger partial charge is 0.271 e. The molecular formula is C22H26N4O2. The van der Waals surface area contributed by atoms with Crippen LogP contribution in [0.25, 0.3) is 0 Å². The van der Waals surface area contributed by atoms with E-state index >= 15 is 0 Å². The first-order chi connectivity index (χ1) is 13.7. The Bertz CT molecular complexity index is 726. The van der Waals surface area contributed by atoms with E-state index in [1.807, 2.05) is 0 Å². The van der Waals surface area contributed by atoms with E-state index in [1.54, 1.807) is 36.7 Å². The molecule has 28 heavy (non-hydrogen) atoms. The van der Waals surface area contributed by atoms with Gasteiger partial charge < -0.3 is 0 Å². The molecule has 6 heteroatoms. The third-order valence-corrected chi connectivity index (χ3v) is 4.93. The highest BCUT2D eigenvalue weighted by atomic mass is 16.2. The first-order valence-corrected chi connectivity index (χ1v) is 9.79. The van der Waals surface area contributed by atoms with E-state index in [1.165, 1.54) is 0 Å². The first-order valence-electron chi connectivity index (χ1n) is 9.79. The second-order valence-corrected chi connectivity index (χ2v) is 7.10. The molecule has 2 aliphatic carbocycles. The van der Waals surface area contributed by atoms with Gasteiger partial charge in [0.2, 0.25) is 0 Å². The number of nitrogens with zero attached hydrogens (tertiary/aromatic N) is 2. The van der Waals surface area contributed by atoms with Crippen LogP contribution in [0.1, 0.15) is 59.2 Å². The van der Waals surface area contributed by atoms with Gasteiger partial charge in [-0.05, 0) is 74.6 Å². The van der Waals surface area contributed by atoms with E-state index < -0.39 is 0 Å². The molecule has 146 valence electrons. The molecule has 2 N–H and O–H groups in total. The maximum atomic E-state index is 12.1. The van der Waals surface area contributed by atoms with Crippen LogP contribution < -0.4 is 10.9 Å². The lowest BCUT2D eigenvalue weighted by molar-refractivity contribution is 0.0943. The standard InChI is InChI=1S/C22H26N4O2/c27-21(25-23-15-17-7-3-1-4-8-17)19-11-13-20(14-12-19)22(28)26-24-16-18-9-5-2-6-10-18/h1-3,5,11-18H,4,6-10H2,(H,25,27)(H,26,28). The van der Waals surface area contributed by atoms with E-state index in [0.29, 0.717) is 23.0 Å². The summed E-state index contributed by atoms with van der Waals surface area (Å²) in [5, 5.41) is 8.10. The fourth-order valence-corrected chi connectivity index (χ4v) is 3.21. The van der Waals surface area contributed by atoms with E-state index in [2.05, 4.69) is 45.4 Å². The number of nitrogens with one attached hydrogen (secondary N) is 2. The SMILES string of the molecule is O=C(NN=CC1CC=CCC1)c1ccc(C(=O)NN=CC2CC=CCC2)cc1. The highest BCUT2D eigenvalue weighted by Crippen LogP contribution is 2.16. The molecule has 0 aromatic heterocycles. The van der Waals surface area contributed by atoms with E-state index in [4.69, 9.17) is 0 Å². The van der Waals surface area contributed by atoms with Gasteiger partial charge in [0, 0.05) is 23.6 Å². The molecule has 3 rings (SSSR count). The van der Waals surface area contributed by atoms with Crippen molar-refractivity contribution in [3.8, 4) is 0 Å². The van der Waals surface area contributed by atoms with Crippen molar-refractivity contribution in [3.63, 3.8) is 0 Å². The first kappa shape index (κ1) is 19.7. The van der Waals surface area contributed by atoms with Crippen molar-refractivity contribution in [1.29, 1.82) is 0 Å². The number of benzene rings is 1. The Labute approximate surface area is 165 Å². The van der Waals surface area contributed by atoms with Crippen molar-refractivity contribution in [2.24, 2.45) is 22.0 Å². The van der Waals surface area contributed by atoms with E-state index in [0.717, 1.165) is 38.5 Å². The molecule has 2 atom stereocenters. The Balaban J connectivity index is 1.46. The van der Waals surface area contributed by atoms with Crippen molar-refractivity contribution < 1.29 is 9.59 Å². The van der Waals surface area contributed by atoms with Gasteiger partial charge in [-0.25, -0.2) is 10.9 Å². The van der Waals surface area contributed by atoms with Crippen molar-refractivity contribution >= 4 is 24.2 Å². The normalized spacial score (nSPS) is 21.9. The monoisotopic (exact) mass is 378 g/mol. The van der Waals surface area contributed by atoms with Gasteiger partial charge in [-0.2, -0.15) is 10.2 Å². The minimum absolute atomic E-state index is 0.294. The van der Waals surface area contributed by atoms with Gasteiger partial charge in [-0.1, -0.05) is 24.3 Å². The zero-order valence-electron chi connectivity index (χ0n) is 15.9. The van der Waals surface area contributed by atoms with Crippen LogP contribution in [-0.2, 0) is 0 Å². The molecular weight excluding hydrogens is 352 g/mol.